The van der Waals surface area contributed by atoms with E-state index >= 15 is 0 Å². The van der Waals surface area contributed by atoms with Crippen LogP contribution >= 0.6 is 0 Å². The number of benzene rings is 2. The molecule has 0 bridgehead atoms. The van der Waals surface area contributed by atoms with Crippen molar-refractivity contribution in [1.29, 1.82) is 0 Å². The van der Waals surface area contributed by atoms with Crippen molar-refractivity contribution in [1.82, 2.24) is 0 Å². The Kier molecular flexibility index (Phi) is 4.98. The molecule has 130 valence electrons. The monoisotopic (exact) mass is 336 g/mol. The number of rotatable bonds is 6. The van der Waals surface area contributed by atoms with Crippen molar-refractivity contribution in [3.05, 3.63) is 72.8 Å². The fourth-order valence-electron chi connectivity index (χ4n) is 2.93. The lowest BCUT2D eigenvalue weighted by molar-refractivity contribution is -0.105. The highest BCUT2D eigenvalue weighted by Gasteiger charge is 2.41. The van der Waals surface area contributed by atoms with Crippen LogP contribution in [0.25, 0.3) is 0 Å². The summed E-state index contributed by atoms with van der Waals surface area (Å²) in [4.78, 5) is 0. The quantitative estimate of drug-likeness (QED) is 0.600. The number of hydrogen-bond donors (Lipinski definition) is 2. The molecule has 0 amide bonds. The summed E-state index contributed by atoms with van der Waals surface area (Å²) in [6, 6.07) is 14.7. The van der Waals surface area contributed by atoms with E-state index in [2.05, 4.69) is 13.0 Å². The zero-order valence-corrected chi connectivity index (χ0v) is 14.4. The maximum absolute atomic E-state index is 6.35. The molecule has 0 radical (unpaired) electrons. The summed E-state index contributed by atoms with van der Waals surface area (Å²) >= 11 is 0. The molecule has 0 saturated heterocycles. The van der Waals surface area contributed by atoms with Gasteiger partial charge in [-0.25, -0.2) is 0 Å². The van der Waals surface area contributed by atoms with Crippen LogP contribution in [0, 0.1) is 5.92 Å². The third-order valence-electron chi connectivity index (χ3n) is 4.21. The lowest BCUT2D eigenvalue weighted by Gasteiger charge is -2.38. The minimum Gasteiger partial charge on any atom is -0.448 e. The van der Waals surface area contributed by atoms with Crippen LogP contribution in [0.5, 0.6) is 11.5 Å². The molecule has 0 saturated carbocycles. The highest BCUT2D eigenvalue weighted by atomic mass is 16.7. The van der Waals surface area contributed by atoms with Gasteiger partial charge in [-0.05, 0) is 55.0 Å². The number of anilines is 2. The van der Waals surface area contributed by atoms with Crippen LogP contribution in [0.15, 0.2) is 72.8 Å². The van der Waals surface area contributed by atoms with E-state index in [4.69, 9.17) is 20.9 Å². The average Bonchev–Trinajstić information content (AvgIpc) is 2.61. The Morgan fingerprint density at radius 3 is 1.84 bits per heavy atom. The molecule has 1 aliphatic carbocycles. The lowest BCUT2D eigenvalue weighted by atomic mass is 9.89. The summed E-state index contributed by atoms with van der Waals surface area (Å²) in [5.74, 6) is 0.616. The number of nitrogens with two attached hydrogens (primary N) is 2. The van der Waals surface area contributed by atoms with Crippen molar-refractivity contribution in [2.45, 2.75) is 25.6 Å². The minimum absolute atomic E-state index is 0.0950. The first kappa shape index (κ1) is 17.0. The zero-order valence-electron chi connectivity index (χ0n) is 14.4. The van der Waals surface area contributed by atoms with Crippen molar-refractivity contribution >= 4 is 11.4 Å². The molecule has 4 N–H and O–H groups in total. The molecule has 4 nitrogen and oxygen atoms in total. The lowest BCUT2D eigenvalue weighted by Crippen LogP contribution is -2.48. The minimum atomic E-state index is -0.906. The molecule has 1 atom stereocenters. The average molecular weight is 336 g/mol. The van der Waals surface area contributed by atoms with E-state index in [0.717, 1.165) is 12.8 Å². The van der Waals surface area contributed by atoms with Crippen LogP contribution in [0.3, 0.4) is 0 Å². The molecule has 0 aliphatic heterocycles. The maximum Gasteiger partial charge on any atom is 0.277 e. The van der Waals surface area contributed by atoms with Gasteiger partial charge in [0.05, 0.1) is 5.92 Å². The summed E-state index contributed by atoms with van der Waals surface area (Å²) in [5.41, 5.74) is 13.0. The van der Waals surface area contributed by atoms with Crippen molar-refractivity contribution < 1.29 is 9.47 Å². The van der Waals surface area contributed by atoms with E-state index in [0.29, 0.717) is 22.9 Å². The molecule has 0 fully saturated rings. The second-order valence-electron chi connectivity index (χ2n) is 6.20. The fraction of sp³-hybridized carbons (Fsp3) is 0.238. The molecule has 0 aromatic heterocycles. The van der Waals surface area contributed by atoms with Crippen molar-refractivity contribution in [3.8, 4) is 11.5 Å². The summed E-state index contributed by atoms with van der Waals surface area (Å²) in [5, 5.41) is 0. The highest BCUT2D eigenvalue weighted by molar-refractivity contribution is 5.43. The van der Waals surface area contributed by atoms with Crippen LogP contribution in [0.2, 0.25) is 0 Å². The van der Waals surface area contributed by atoms with Gasteiger partial charge in [0, 0.05) is 17.5 Å². The Bertz CT molecular complexity index is 701. The molecular weight excluding hydrogens is 312 g/mol. The summed E-state index contributed by atoms with van der Waals surface area (Å²) in [6.45, 7) is 2.16. The Morgan fingerprint density at radius 2 is 1.36 bits per heavy atom. The van der Waals surface area contributed by atoms with Crippen LogP contribution in [-0.2, 0) is 0 Å². The molecule has 25 heavy (non-hydrogen) atoms. The summed E-state index contributed by atoms with van der Waals surface area (Å²) < 4.78 is 12.7. The summed E-state index contributed by atoms with van der Waals surface area (Å²) in [7, 11) is 0. The molecule has 2 aromatic rings. The Balaban J connectivity index is 1.94. The Hall–Kier alpha value is -2.88. The molecule has 1 aliphatic rings. The van der Waals surface area contributed by atoms with Crippen LogP contribution < -0.4 is 20.9 Å². The smallest absolute Gasteiger partial charge is 0.277 e. The maximum atomic E-state index is 6.35. The van der Waals surface area contributed by atoms with Gasteiger partial charge < -0.3 is 20.9 Å². The molecule has 2 aromatic carbocycles. The Labute approximate surface area is 148 Å². The van der Waals surface area contributed by atoms with E-state index in [9.17, 15) is 0 Å². The third kappa shape index (κ3) is 3.97. The number of hydrogen-bond acceptors (Lipinski definition) is 4. The SMILES string of the molecule is CCCC1C=CC=CC1(Oc1ccc(N)cc1)Oc1ccc(N)cc1. The number of ether oxygens (including phenoxy) is 2. The molecule has 0 spiro atoms. The molecule has 4 heteroatoms. The van der Waals surface area contributed by atoms with E-state index in [-0.39, 0.29) is 5.92 Å². The zero-order chi connectivity index (χ0) is 17.7. The topological polar surface area (TPSA) is 70.5 Å². The van der Waals surface area contributed by atoms with E-state index in [1.54, 1.807) is 0 Å². The largest absolute Gasteiger partial charge is 0.448 e. The van der Waals surface area contributed by atoms with Crippen molar-refractivity contribution in [2.24, 2.45) is 5.92 Å². The van der Waals surface area contributed by atoms with Gasteiger partial charge in [0.2, 0.25) is 0 Å². The van der Waals surface area contributed by atoms with Gasteiger partial charge in [0.25, 0.3) is 5.79 Å². The predicted octanol–water partition coefficient (Wildman–Crippen LogP) is 4.55. The van der Waals surface area contributed by atoms with Gasteiger partial charge in [-0.2, -0.15) is 0 Å². The molecule has 3 rings (SSSR count). The fourth-order valence-corrected chi connectivity index (χ4v) is 2.93. The van der Waals surface area contributed by atoms with Gasteiger partial charge in [-0.3, -0.25) is 0 Å². The first-order chi connectivity index (χ1) is 12.1. The van der Waals surface area contributed by atoms with E-state index in [1.807, 2.05) is 66.8 Å². The van der Waals surface area contributed by atoms with Gasteiger partial charge in [-0.1, -0.05) is 31.6 Å². The standard InChI is InChI=1S/C21H24N2O2/c1-2-5-16-6-3-4-15-21(16,24-19-11-7-17(22)8-12-19)25-20-13-9-18(23)10-14-20/h3-4,6-16H,2,5,22-23H2,1H3. The van der Waals surface area contributed by atoms with Gasteiger partial charge >= 0.3 is 0 Å². The van der Waals surface area contributed by atoms with E-state index < -0.39 is 5.79 Å². The highest BCUT2D eigenvalue weighted by Crippen LogP contribution is 2.36. The third-order valence-corrected chi connectivity index (χ3v) is 4.21. The normalized spacial score (nSPS) is 18.0. The first-order valence-electron chi connectivity index (χ1n) is 8.56. The molecule has 0 heterocycles. The van der Waals surface area contributed by atoms with Gasteiger partial charge in [0.15, 0.2) is 0 Å². The number of allylic oxidation sites excluding steroid dienone is 2. The molecule has 1 unspecified atom stereocenters. The predicted molar refractivity (Wildman–Crippen MR) is 102 cm³/mol. The van der Waals surface area contributed by atoms with E-state index in [1.165, 1.54) is 0 Å². The first-order valence-corrected chi connectivity index (χ1v) is 8.56. The second kappa shape index (κ2) is 7.34. The van der Waals surface area contributed by atoms with Crippen molar-refractivity contribution in [2.75, 3.05) is 11.5 Å². The van der Waals surface area contributed by atoms with Crippen LogP contribution in [0.1, 0.15) is 19.8 Å². The number of nitrogen functional groups attached to an aromatic ring is 2. The molecular formula is C21H24N2O2. The van der Waals surface area contributed by atoms with Crippen molar-refractivity contribution in [3.63, 3.8) is 0 Å². The van der Waals surface area contributed by atoms with Gasteiger partial charge in [0.1, 0.15) is 11.5 Å². The second-order valence-corrected chi connectivity index (χ2v) is 6.20. The Morgan fingerprint density at radius 1 is 0.840 bits per heavy atom. The summed E-state index contributed by atoms with van der Waals surface area (Å²) in [6.07, 6.45) is 10.1. The van der Waals surface area contributed by atoms with Gasteiger partial charge in [-0.15, -0.1) is 0 Å². The van der Waals surface area contributed by atoms with Crippen LogP contribution in [0.4, 0.5) is 11.4 Å². The van der Waals surface area contributed by atoms with Crippen LogP contribution in [-0.4, -0.2) is 5.79 Å².